The van der Waals surface area contributed by atoms with E-state index in [0.717, 1.165) is 18.8 Å². The van der Waals surface area contributed by atoms with Crippen LogP contribution >= 0.6 is 0 Å². The summed E-state index contributed by atoms with van der Waals surface area (Å²) in [6.07, 6.45) is 1.75. The van der Waals surface area contributed by atoms with E-state index in [4.69, 9.17) is 4.74 Å². The number of ether oxygens (including phenoxy) is 1. The Morgan fingerprint density at radius 2 is 1.89 bits per heavy atom. The van der Waals surface area contributed by atoms with Gasteiger partial charge in [0.1, 0.15) is 12.4 Å². The molecule has 0 saturated heterocycles. The first-order chi connectivity index (χ1) is 8.93. The molecule has 2 nitrogen and oxygen atoms in total. The van der Waals surface area contributed by atoms with Gasteiger partial charge in [0.25, 0.3) is 0 Å². The molecule has 1 unspecified atom stereocenters. The minimum Gasteiger partial charge on any atom is -0.490 e. The van der Waals surface area contributed by atoms with Crippen LogP contribution in [0.1, 0.15) is 33.3 Å². The topological polar surface area (TPSA) is 21.3 Å². The van der Waals surface area contributed by atoms with E-state index in [2.05, 4.69) is 51.7 Å². The second-order valence-electron chi connectivity index (χ2n) is 6.14. The Hall–Kier alpha value is -1.28. The molecular weight excluding hydrogens is 234 g/mol. The fraction of sp³-hybridized carbons (Fsp3) is 0.529. The molecule has 0 saturated carbocycles. The molecular formula is C17H27NO. The van der Waals surface area contributed by atoms with Crippen LogP contribution < -0.4 is 10.1 Å². The van der Waals surface area contributed by atoms with Gasteiger partial charge in [-0.05, 0) is 35.6 Å². The summed E-state index contributed by atoms with van der Waals surface area (Å²) in [6.45, 7) is 15.3. The van der Waals surface area contributed by atoms with E-state index in [1.54, 1.807) is 6.08 Å². The van der Waals surface area contributed by atoms with Gasteiger partial charge < -0.3 is 10.1 Å². The molecule has 1 aromatic carbocycles. The fourth-order valence-corrected chi connectivity index (χ4v) is 1.60. The Labute approximate surface area is 117 Å². The molecule has 0 radical (unpaired) electrons. The lowest BCUT2D eigenvalue weighted by atomic mass is 9.82. The van der Waals surface area contributed by atoms with Crippen molar-refractivity contribution < 1.29 is 4.74 Å². The molecule has 0 fully saturated rings. The smallest absolute Gasteiger partial charge is 0.119 e. The van der Waals surface area contributed by atoms with Gasteiger partial charge in [-0.3, -0.25) is 0 Å². The van der Waals surface area contributed by atoms with E-state index in [9.17, 15) is 0 Å². The Balaban J connectivity index is 2.36. The summed E-state index contributed by atoms with van der Waals surface area (Å²) < 4.78 is 5.46. The quantitative estimate of drug-likeness (QED) is 0.748. The van der Waals surface area contributed by atoms with Gasteiger partial charge in [0.2, 0.25) is 0 Å². The third-order valence-electron chi connectivity index (χ3n) is 3.55. The van der Waals surface area contributed by atoms with Crippen molar-refractivity contribution in [3.63, 3.8) is 0 Å². The van der Waals surface area contributed by atoms with Crippen molar-refractivity contribution in [2.75, 3.05) is 13.2 Å². The van der Waals surface area contributed by atoms with E-state index in [-0.39, 0.29) is 0 Å². The highest BCUT2D eigenvalue weighted by molar-refractivity contribution is 5.27. The van der Waals surface area contributed by atoms with Gasteiger partial charge in [-0.1, -0.05) is 52.5 Å². The van der Waals surface area contributed by atoms with E-state index >= 15 is 0 Å². The lowest BCUT2D eigenvalue weighted by Crippen LogP contribution is -2.29. The molecule has 1 aromatic rings. The van der Waals surface area contributed by atoms with Crippen LogP contribution in [-0.4, -0.2) is 13.2 Å². The van der Waals surface area contributed by atoms with Gasteiger partial charge in [0.15, 0.2) is 0 Å². The maximum absolute atomic E-state index is 5.46. The SMILES string of the molecule is C=CCOc1ccc(CNCC(C)C(C)(C)C)cc1. The third kappa shape index (κ3) is 5.93. The Morgan fingerprint density at radius 3 is 2.42 bits per heavy atom. The standard InChI is InChI=1S/C17H27NO/c1-6-11-19-16-9-7-15(8-10-16)13-18-12-14(2)17(3,4)5/h6-10,14,18H,1,11-13H2,2-5H3. The Kier molecular flexibility index (Phi) is 6.10. The molecule has 1 rings (SSSR count). The molecule has 106 valence electrons. The van der Waals surface area contributed by atoms with Crippen molar-refractivity contribution in [3.05, 3.63) is 42.5 Å². The second kappa shape index (κ2) is 7.34. The first kappa shape index (κ1) is 15.8. The Morgan fingerprint density at radius 1 is 1.26 bits per heavy atom. The maximum Gasteiger partial charge on any atom is 0.119 e. The largest absolute Gasteiger partial charge is 0.490 e. The van der Waals surface area contributed by atoms with Crippen LogP contribution in [0.15, 0.2) is 36.9 Å². The molecule has 0 amide bonds. The van der Waals surface area contributed by atoms with Gasteiger partial charge in [-0.25, -0.2) is 0 Å². The summed E-state index contributed by atoms with van der Waals surface area (Å²) in [4.78, 5) is 0. The lowest BCUT2D eigenvalue weighted by molar-refractivity contribution is 0.252. The molecule has 0 heterocycles. The summed E-state index contributed by atoms with van der Waals surface area (Å²) in [6, 6.07) is 8.22. The zero-order valence-corrected chi connectivity index (χ0v) is 12.7. The van der Waals surface area contributed by atoms with E-state index in [0.29, 0.717) is 17.9 Å². The van der Waals surface area contributed by atoms with E-state index in [1.165, 1.54) is 5.56 Å². The molecule has 0 aliphatic heterocycles. The monoisotopic (exact) mass is 261 g/mol. The van der Waals surface area contributed by atoms with Gasteiger partial charge >= 0.3 is 0 Å². The van der Waals surface area contributed by atoms with E-state index in [1.807, 2.05) is 12.1 Å². The average molecular weight is 261 g/mol. The van der Waals surface area contributed by atoms with Crippen molar-refractivity contribution in [3.8, 4) is 5.75 Å². The predicted octanol–water partition coefficient (Wildman–Crippen LogP) is 4.02. The van der Waals surface area contributed by atoms with Crippen molar-refractivity contribution in [2.45, 2.75) is 34.2 Å². The summed E-state index contributed by atoms with van der Waals surface area (Å²) in [7, 11) is 0. The molecule has 1 N–H and O–H groups in total. The predicted molar refractivity (Wildman–Crippen MR) is 82.5 cm³/mol. The van der Waals surface area contributed by atoms with Crippen LogP contribution in [0.4, 0.5) is 0 Å². The minimum absolute atomic E-state index is 0.357. The summed E-state index contributed by atoms with van der Waals surface area (Å²) >= 11 is 0. The molecule has 0 spiro atoms. The molecule has 0 aromatic heterocycles. The van der Waals surface area contributed by atoms with Gasteiger partial charge in [-0.15, -0.1) is 0 Å². The van der Waals surface area contributed by atoms with Crippen molar-refractivity contribution in [1.82, 2.24) is 5.32 Å². The van der Waals surface area contributed by atoms with Gasteiger partial charge in [0.05, 0.1) is 0 Å². The van der Waals surface area contributed by atoms with Crippen molar-refractivity contribution >= 4 is 0 Å². The van der Waals surface area contributed by atoms with Gasteiger partial charge in [0, 0.05) is 6.54 Å². The molecule has 2 heteroatoms. The van der Waals surface area contributed by atoms with Crippen LogP contribution in [0.25, 0.3) is 0 Å². The van der Waals surface area contributed by atoms with Gasteiger partial charge in [-0.2, -0.15) is 0 Å². The Bertz CT molecular complexity index is 375. The van der Waals surface area contributed by atoms with E-state index < -0.39 is 0 Å². The zero-order chi connectivity index (χ0) is 14.3. The third-order valence-corrected chi connectivity index (χ3v) is 3.55. The first-order valence-electron chi connectivity index (χ1n) is 6.97. The molecule has 1 atom stereocenters. The highest BCUT2D eigenvalue weighted by atomic mass is 16.5. The fourth-order valence-electron chi connectivity index (χ4n) is 1.60. The van der Waals surface area contributed by atoms with Crippen LogP contribution in [0, 0.1) is 11.3 Å². The molecule has 0 aliphatic rings. The second-order valence-corrected chi connectivity index (χ2v) is 6.14. The number of hydrogen-bond donors (Lipinski definition) is 1. The maximum atomic E-state index is 5.46. The van der Waals surface area contributed by atoms with Crippen molar-refractivity contribution in [2.24, 2.45) is 11.3 Å². The first-order valence-corrected chi connectivity index (χ1v) is 6.97. The summed E-state index contributed by atoms with van der Waals surface area (Å²) in [5, 5.41) is 3.51. The zero-order valence-electron chi connectivity index (χ0n) is 12.7. The summed E-state index contributed by atoms with van der Waals surface area (Å²) in [5.41, 5.74) is 1.64. The highest BCUT2D eigenvalue weighted by Gasteiger charge is 2.18. The normalized spacial score (nSPS) is 13.1. The van der Waals surface area contributed by atoms with Crippen LogP contribution in [0.3, 0.4) is 0 Å². The van der Waals surface area contributed by atoms with Crippen LogP contribution in [0.5, 0.6) is 5.75 Å². The van der Waals surface area contributed by atoms with Crippen LogP contribution in [0.2, 0.25) is 0 Å². The van der Waals surface area contributed by atoms with Crippen LogP contribution in [-0.2, 0) is 6.54 Å². The molecule has 19 heavy (non-hydrogen) atoms. The lowest BCUT2D eigenvalue weighted by Gasteiger charge is -2.27. The number of rotatable bonds is 7. The summed E-state index contributed by atoms with van der Waals surface area (Å²) in [5.74, 6) is 1.55. The average Bonchev–Trinajstić information content (AvgIpc) is 2.36. The highest BCUT2D eigenvalue weighted by Crippen LogP contribution is 2.24. The minimum atomic E-state index is 0.357. The number of nitrogens with one attached hydrogen (secondary N) is 1. The number of hydrogen-bond acceptors (Lipinski definition) is 2. The molecule has 0 aliphatic carbocycles. The molecule has 0 bridgehead atoms. The van der Waals surface area contributed by atoms with Crippen molar-refractivity contribution in [1.29, 1.82) is 0 Å². The number of benzene rings is 1.